The highest BCUT2D eigenvalue weighted by molar-refractivity contribution is 7.09. The SMILES string of the molecule is CC(C)c1nc(CNC(=O)N(Cc2ccc3[nH]ccc3c2)C2CC2)cs1. The maximum atomic E-state index is 12.7. The summed E-state index contributed by atoms with van der Waals surface area (Å²) in [7, 11) is 0. The number of hydrogen-bond acceptors (Lipinski definition) is 3. The topological polar surface area (TPSA) is 61.0 Å². The van der Waals surface area contributed by atoms with E-state index in [0.717, 1.165) is 34.6 Å². The summed E-state index contributed by atoms with van der Waals surface area (Å²) < 4.78 is 0. The number of aromatic nitrogens is 2. The molecule has 2 aromatic heterocycles. The van der Waals surface area contributed by atoms with Crippen molar-refractivity contribution in [3.63, 3.8) is 0 Å². The molecule has 6 heteroatoms. The van der Waals surface area contributed by atoms with Gasteiger partial charge in [0, 0.05) is 35.6 Å². The van der Waals surface area contributed by atoms with Gasteiger partial charge in [-0.3, -0.25) is 0 Å². The normalized spacial score (nSPS) is 14.1. The molecule has 2 N–H and O–H groups in total. The number of rotatable bonds is 6. The molecular weight excluding hydrogens is 344 g/mol. The first kappa shape index (κ1) is 17.1. The number of H-pyrrole nitrogens is 1. The van der Waals surface area contributed by atoms with Crippen molar-refractivity contribution in [3.05, 3.63) is 52.1 Å². The number of nitrogens with zero attached hydrogens (tertiary/aromatic N) is 2. The molecule has 0 aliphatic heterocycles. The van der Waals surface area contributed by atoms with Crippen LogP contribution in [0.2, 0.25) is 0 Å². The zero-order valence-electron chi connectivity index (χ0n) is 15.2. The molecule has 0 unspecified atom stereocenters. The highest BCUT2D eigenvalue weighted by Gasteiger charge is 2.32. The van der Waals surface area contributed by atoms with E-state index in [1.807, 2.05) is 16.5 Å². The summed E-state index contributed by atoms with van der Waals surface area (Å²) >= 11 is 1.66. The van der Waals surface area contributed by atoms with E-state index in [-0.39, 0.29) is 6.03 Å². The molecule has 0 saturated heterocycles. The third-order valence-electron chi connectivity index (χ3n) is 4.70. The maximum absolute atomic E-state index is 12.7. The minimum absolute atomic E-state index is 0.000706. The highest BCUT2D eigenvalue weighted by atomic mass is 32.1. The van der Waals surface area contributed by atoms with Gasteiger partial charge in [0.15, 0.2) is 0 Å². The second-order valence-corrected chi connectivity index (χ2v) is 8.14. The van der Waals surface area contributed by atoms with Gasteiger partial charge in [-0.25, -0.2) is 9.78 Å². The molecule has 5 nitrogen and oxygen atoms in total. The van der Waals surface area contributed by atoms with Gasteiger partial charge in [0.25, 0.3) is 0 Å². The van der Waals surface area contributed by atoms with Gasteiger partial charge in [0.05, 0.1) is 17.2 Å². The van der Waals surface area contributed by atoms with Gasteiger partial charge in [0.1, 0.15) is 0 Å². The van der Waals surface area contributed by atoms with E-state index < -0.39 is 0 Å². The third-order valence-corrected chi connectivity index (χ3v) is 5.90. The molecule has 0 bridgehead atoms. The molecule has 1 aliphatic rings. The Bertz CT molecular complexity index is 909. The summed E-state index contributed by atoms with van der Waals surface area (Å²) in [5, 5.41) is 7.39. The summed E-state index contributed by atoms with van der Waals surface area (Å²) in [5.74, 6) is 0.427. The summed E-state index contributed by atoms with van der Waals surface area (Å²) in [4.78, 5) is 22.5. The van der Waals surface area contributed by atoms with Gasteiger partial charge >= 0.3 is 6.03 Å². The van der Waals surface area contributed by atoms with E-state index in [1.165, 1.54) is 5.39 Å². The van der Waals surface area contributed by atoms with Gasteiger partial charge in [-0.2, -0.15) is 0 Å². The Morgan fingerprint density at radius 1 is 1.38 bits per heavy atom. The van der Waals surface area contributed by atoms with Crippen molar-refractivity contribution >= 4 is 28.3 Å². The average molecular weight is 369 g/mol. The zero-order valence-corrected chi connectivity index (χ0v) is 16.0. The Morgan fingerprint density at radius 2 is 2.23 bits per heavy atom. The minimum atomic E-state index is 0.000706. The van der Waals surface area contributed by atoms with Crippen molar-refractivity contribution in [2.75, 3.05) is 0 Å². The molecule has 0 atom stereocenters. The predicted octanol–water partition coefficient (Wildman–Crippen LogP) is 4.62. The summed E-state index contributed by atoms with van der Waals surface area (Å²) in [6.45, 7) is 5.41. The Hall–Kier alpha value is -2.34. The number of fused-ring (bicyclic) bond motifs is 1. The van der Waals surface area contributed by atoms with E-state index in [9.17, 15) is 4.79 Å². The first-order valence-electron chi connectivity index (χ1n) is 9.15. The van der Waals surface area contributed by atoms with Crippen molar-refractivity contribution in [3.8, 4) is 0 Å². The second-order valence-electron chi connectivity index (χ2n) is 7.25. The van der Waals surface area contributed by atoms with E-state index in [2.05, 4.69) is 53.4 Å². The first-order chi connectivity index (χ1) is 12.6. The average Bonchev–Trinajstić information content (AvgIpc) is 3.17. The Labute approximate surface area is 157 Å². The molecule has 26 heavy (non-hydrogen) atoms. The molecule has 3 aromatic rings. The predicted molar refractivity (Wildman–Crippen MR) is 105 cm³/mol. The van der Waals surface area contributed by atoms with Crippen LogP contribution in [0.5, 0.6) is 0 Å². The maximum Gasteiger partial charge on any atom is 0.318 e. The highest BCUT2D eigenvalue weighted by Crippen LogP contribution is 2.29. The van der Waals surface area contributed by atoms with Crippen LogP contribution in [0.3, 0.4) is 0 Å². The van der Waals surface area contributed by atoms with Crippen LogP contribution in [0.4, 0.5) is 4.79 Å². The summed E-state index contributed by atoms with van der Waals surface area (Å²) in [5.41, 5.74) is 3.23. The number of nitrogens with one attached hydrogen (secondary N) is 2. The third kappa shape index (κ3) is 3.75. The second kappa shape index (κ2) is 7.11. The van der Waals surface area contributed by atoms with E-state index in [1.54, 1.807) is 11.3 Å². The van der Waals surface area contributed by atoms with Crippen molar-refractivity contribution in [2.24, 2.45) is 0 Å². The van der Waals surface area contributed by atoms with Gasteiger partial charge < -0.3 is 15.2 Å². The van der Waals surface area contributed by atoms with Crippen LogP contribution in [0.1, 0.15) is 48.9 Å². The lowest BCUT2D eigenvalue weighted by molar-refractivity contribution is 0.191. The minimum Gasteiger partial charge on any atom is -0.361 e. The van der Waals surface area contributed by atoms with E-state index in [4.69, 9.17) is 0 Å². The number of thiazole rings is 1. The van der Waals surface area contributed by atoms with Gasteiger partial charge in [0.2, 0.25) is 0 Å². The monoisotopic (exact) mass is 368 g/mol. The van der Waals surface area contributed by atoms with Crippen LogP contribution in [0, 0.1) is 0 Å². The molecule has 2 heterocycles. The molecule has 0 spiro atoms. The van der Waals surface area contributed by atoms with Crippen LogP contribution in [0.15, 0.2) is 35.8 Å². The van der Waals surface area contributed by atoms with Gasteiger partial charge in [-0.05, 0) is 42.0 Å². The lowest BCUT2D eigenvalue weighted by Gasteiger charge is -2.23. The molecule has 1 aliphatic carbocycles. The largest absolute Gasteiger partial charge is 0.361 e. The fourth-order valence-electron chi connectivity index (χ4n) is 3.09. The molecule has 1 fully saturated rings. The van der Waals surface area contributed by atoms with Crippen LogP contribution in [0.25, 0.3) is 10.9 Å². The van der Waals surface area contributed by atoms with Crippen LogP contribution in [-0.2, 0) is 13.1 Å². The van der Waals surface area contributed by atoms with Crippen LogP contribution in [-0.4, -0.2) is 26.9 Å². The van der Waals surface area contributed by atoms with Gasteiger partial charge in [-0.15, -0.1) is 11.3 Å². The molecule has 136 valence electrons. The molecule has 2 amide bonds. The standard InChI is InChI=1S/C20H24N4OS/c1-13(2)19-23-16(12-26-19)10-22-20(25)24(17-4-5-17)11-14-3-6-18-15(9-14)7-8-21-18/h3,6-9,12-13,17,21H,4-5,10-11H2,1-2H3,(H,22,25). The van der Waals surface area contributed by atoms with Crippen molar-refractivity contribution in [2.45, 2.75) is 51.7 Å². The van der Waals surface area contributed by atoms with Crippen molar-refractivity contribution in [1.82, 2.24) is 20.2 Å². The number of hydrogen-bond donors (Lipinski definition) is 2. The Morgan fingerprint density at radius 3 is 2.96 bits per heavy atom. The van der Waals surface area contributed by atoms with Gasteiger partial charge in [-0.1, -0.05) is 19.9 Å². The number of carbonyl (C=O) groups excluding carboxylic acids is 1. The number of amides is 2. The molecule has 1 aromatic carbocycles. The lowest BCUT2D eigenvalue weighted by Crippen LogP contribution is -2.40. The van der Waals surface area contributed by atoms with Crippen LogP contribution >= 0.6 is 11.3 Å². The zero-order chi connectivity index (χ0) is 18.1. The Balaban J connectivity index is 1.41. The number of urea groups is 1. The smallest absolute Gasteiger partial charge is 0.318 e. The molecule has 1 saturated carbocycles. The fraction of sp³-hybridized carbons (Fsp3) is 0.400. The molecular formula is C20H24N4OS. The first-order valence-corrected chi connectivity index (χ1v) is 10.0. The quantitative estimate of drug-likeness (QED) is 0.667. The molecule has 4 rings (SSSR count). The number of aromatic amines is 1. The van der Waals surface area contributed by atoms with Crippen molar-refractivity contribution in [1.29, 1.82) is 0 Å². The fourth-order valence-corrected chi connectivity index (χ4v) is 3.92. The summed E-state index contributed by atoms with van der Waals surface area (Å²) in [6.07, 6.45) is 4.13. The Kier molecular flexibility index (Phi) is 4.68. The van der Waals surface area contributed by atoms with Crippen molar-refractivity contribution < 1.29 is 4.79 Å². The lowest BCUT2D eigenvalue weighted by atomic mass is 10.1. The number of benzene rings is 1. The molecule has 0 radical (unpaired) electrons. The summed E-state index contributed by atoms with van der Waals surface area (Å²) in [6, 6.07) is 8.76. The van der Waals surface area contributed by atoms with E-state index in [0.29, 0.717) is 25.0 Å². The van der Waals surface area contributed by atoms with E-state index >= 15 is 0 Å². The van der Waals surface area contributed by atoms with Crippen LogP contribution < -0.4 is 5.32 Å². The number of carbonyl (C=O) groups is 1.